The van der Waals surface area contributed by atoms with E-state index in [9.17, 15) is 0 Å². The van der Waals surface area contributed by atoms with Crippen LogP contribution in [0.3, 0.4) is 0 Å². The van der Waals surface area contributed by atoms with E-state index in [1.807, 2.05) is 0 Å². The summed E-state index contributed by atoms with van der Waals surface area (Å²) in [5.74, 6) is 0. The molecule has 0 saturated carbocycles. The molecule has 0 nitrogen and oxygen atoms in total. The molecule has 0 fully saturated rings. The van der Waals surface area contributed by atoms with Crippen LogP contribution in [-0.2, 0) is 36.5 Å². The Morgan fingerprint density at radius 3 is 1.00 bits per heavy atom. The minimum atomic E-state index is 0. The zero-order chi connectivity index (χ0) is 0. The van der Waals surface area contributed by atoms with Gasteiger partial charge in [0.25, 0.3) is 0 Å². The topological polar surface area (TPSA) is 0 Å². The number of rotatable bonds is 0. The van der Waals surface area contributed by atoms with Gasteiger partial charge < -0.3 is 0 Å². The van der Waals surface area contributed by atoms with Gasteiger partial charge in [-0.3, -0.25) is 0 Å². The van der Waals surface area contributed by atoms with Crippen molar-refractivity contribution in [2.75, 3.05) is 0 Å². The first kappa shape index (κ1) is 33.7. The summed E-state index contributed by atoms with van der Waals surface area (Å²) in [5.41, 5.74) is 0. The summed E-state index contributed by atoms with van der Waals surface area (Å²) in [5, 5.41) is 0. The van der Waals surface area contributed by atoms with Gasteiger partial charge in [-0.05, 0) is 0 Å². The van der Waals surface area contributed by atoms with Gasteiger partial charge in [0.05, 0.1) is 0 Å². The van der Waals surface area contributed by atoms with Crippen molar-refractivity contribution in [2.45, 2.75) is 0 Å². The molecule has 0 N–H and O–H groups in total. The number of hydrogen-bond donors (Lipinski definition) is 0. The molecule has 0 aromatic rings. The standard InChI is InChI=1S/Ca.Fe.K.H2Se.Zn.3H/h;;;1H2;;;;. The van der Waals surface area contributed by atoms with Crippen molar-refractivity contribution in [3.63, 3.8) is 0 Å². The van der Waals surface area contributed by atoms with Crippen LogP contribution in [0.2, 0.25) is 0 Å². The van der Waals surface area contributed by atoms with Gasteiger partial charge in [-0.2, -0.15) is 0 Å². The summed E-state index contributed by atoms with van der Waals surface area (Å²) < 4.78 is 0. The van der Waals surface area contributed by atoms with Crippen molar-refractivity contribution in [1.82, 2.24) is 0 Å². The minimum Gasteiger partial charge on any atom is 0 e. The Balaban J connectivity index is 0. The third kappa shape index (κ3) is 17.7. The molecule has 24 valence electrons. The van der Waals surface area contributed by atoms with Gasteiger partial charge in [-0.25, -0.2) is 0 Å². The average molecular weight is 284 g/mol. The van der Waals surface area contributed by atoms with Gasteiger partial charge in [-0.1, -0.05) is 0 Å². The Hall–Kier alpha value is 4.56. The Morgan fingerprint density at radius 2 is 1.00 bits per heavy atom. The van der Waals surface area contributed by atoms with Crippen LogP contribution in [0, 0.1) is 0 Å². The maximum atomic E-state index is 0. The molecule has 0 bridgehead atoms. The third-order valence-corrected chi connectivity index (χ3v) is 0. The second kappa shape index (κ2) is 23.5. The van der Waals surface area contributed by atoms with Crippen molar-refractivity contribution >= 4 is 106 Å². The Morgan fingerprint density at radius 1 is 1.00 bits per heavy atom. The van der Waals surface area contributed by atoms with E-state index < -0.39 is 0 Å². The fraction of sp³-hybridized carbons (Fsp3) is 0. The molecule has 5 heteroatoms. The summed E-state index contributed by atoms with van der Waals surface area (Å²) in [6.45, 7) is 0. The molecule has 0 heterocycles. The molecule has 0 rings (SSSR count). The Kier molecular flexibility index (Phi) is 159. The first-order chi connectivity index (χ1) is 0. The molecule has 0 amide bonds. The van der Waals surface area contributed by atoms with Crippen LogP contribution in [0.25, 0.3) is 0 Å². The van der Waals surface area contributed by atoms with E-state index in [-0.39, 0.29) is 143 Å². The second-order valence-corrected chi connectivity index (χ2v) is 0. The summed E-state index contributed by atoms with van der Waals surface area (Å²) in [6.07, 6.45) is 0. The van der Waals surface area contributed by atoms with E-state index in [1.54, 1.807) is 0 Å². The largest absolute Gasteiger partial charge is 0 e. The molecule has 0 aromatic carbocycles. The van der Waals surface area contributed by atoms with Gasteiger partial charge in [0.1, 0.15) is 0 Å². The number of hydrogen-bond acceptors (Lipinski definition) is 0. The van der Waals surface area contributed by atoms with Crippen LogP contribution >= 0.6 is 0 Å². The quantitative estimate of drug-likeness (QED) is 0.432. The normalized spacial score (nSPS) is 0. The predicted octanol–water partition coefficient (Wildman–Crippen LogP) is -2.49. The fourth-order valence-corrected chi connectivity index (χ4v) is 0. The monoisotopic (exact) mass is 284 g/mol. The van der Waals surface area contributed by atoms with Crippen molar-refractivity contribution in [3.05, 3.63) is 0 Å². The molecule has 0 aliphatic carbocycles. The van der Waals surface area contributed by atoms with Crippen LogP contribution in [0.15, 0.2) is 0 Å². The van der Waals surface area contributed by atoms with Gasteiger partial charge in [0.15, 0.2) is 0 Å². The summed E-state index contributed by atoms with van der Waals surface area (Å²) in [4.78, 5) is 0. The van der Waals surface area contributed by atoms with E-state index in [0.29, 0.717) is 0 Å². The predicted molar refractivity (Wildman–Crippen MR) is 24.2 cm³/mol. The molecule has 0 aliphatic rings. The van der Waals surface area contributed by atoms with Crippen molar-refractivity contribution in [2.24, 2.45) is 0 Å². The molecule has 0 aliphatic heterocycles. The Bertz CT molecular complexity index is 11.6. The zero-order valence-corrected chi connectivity index (χ0v) is 7.73. The molecule has 0 atom stereocenters. The molecule has 0 spiro atoms. The molecular weight excluding hydrogens is 279 g/mol. The van der Waals surface area contributed by atoms with Gasteiger partial charge in [0, 0.05) is 36.5 Å². The van der Waals surface area contributed by atoms with Gasteiger partial charge in [0.2, 0.25) is 0 Å². The minimum absolute atomic E-state index is 0. The average Bonchev–Trinajstić information content (AvgIpc) is 0. The third-order valence-electron chi connectivity index (χ3n) is 0. The van der Waals surface area contributed by atoms with E-state index in [2.05, 4.69) is 0 Å². The molecule has 0 aromatic heterocycles. The summed E-state index contributed by atoms with van der Waals surface area (Å²) in [7, 11) is 0. The van der Waals surface area contributed by atoms with Crippen LogP contribution in [0.1, 0.15) is 0 Å². The Labute approximate surface area is 138 Å². The van der Waals surface area contributed by atoms with E-state index in [1.165, 1.54) is 0 Å². The van der Waals surface area contributed by atoms with Gasteiger partial charge >= 0.3 is 106 Å². The molecule has 0 unspecified atom stereocenters. The zero-order valence-electron chi connectivity index (χ0n) is 1.56. The van der Waals surface area contributed by atoms with Crippen LogP contribution in [0.5, 0.6) is 0 Å². The van der Waals surface area contributed by atoms with Crippen molar-refractivity contribution in [1.29, 1.82) is 0 Å². The smallest absolute Gasteiger partial charge is 0 e. The van der Waals surface area contributed by atoms with Gasteiger partial charge in [-0.15, -0.1) is 0 Å². The second-order valence-electron chi connectivity index (χ2n) is 0. The SMILES string of the molecule is [CaH2].[Fe].[KH].[SeH2].[Zn]. The molecular formula is H5CaFeKSeZn. The summed E-state index contributed by atoms with van der Waals surface area (Å²) >= 11 is 0. The molecule has 0 saturated heterocycles. The van der Waals surface area contributed by atoms with Crippen molar-refractivity contribution in [3.8, 4) is 0 Å². The van der Waals surface area contributed by atoms with E-state index in [0.717, 1.165) is 0 Å². The summed E-state index contributed by atoms with van der Waals surface area (Å²) in [6, 6.07) is 0. The first-order valence-corrected chi connectivity index (χ1v) is 0. The molecule has 5 heavy (non-hydrogen) atoms. The first-order valence-electron chi connectivity index (χ1n) is 0. The fourth-order valence-electron chi connectivity index (χ4n) is 0. The van der Waals surface area contributed by atoms with Crippen LogP contribution in [-0.4, -0.2) is 106 Å². The van der Waals surface area contributed by atoms with Crippen LogP contribution in [0.4, 0.5) is 0 Å². The van der Waals surface area contributed by atoms with E-state index in [4.69, 9.17) is 0 Å². The maximum absolute atomic E-state index is 0. The maximum Gasteiger partial charge on any atom is 0 e. The van der Waals surface area contributed by atoms with E-state index >= 15 is 0 Å². The van der Waals surface area contributed by atoms with Crippen LogP contribution < -0.4 is 0 Å². The van der Waals surface area contributed by atoms with Crippen molar-refractivity contribution < 1.29 is 36.5 Å². The molecule has 0 radical (unpaired) electrons.